The van der Waals surface area contributed by atoms with Crippen LogP contribution in [0.15, 0.2) is 0 Å². The quantitative estimate of drug-likeness (QED) is 0.826. The molecule has 0 bridgehead atoms. The van der Waals surface area contributed by atoms with Gasteiger partial charge in [-0.3, -0.25) is 4.90 Å². The highest BCUT2D eigenvalue weighted by Gasteiger charge is 2.37. The summed E-state index contributed by atoms with van der Waals surface area (Å²) in [6.07, 6.45) is 3.05. The predicted octanol–water partition coefficient (Wildman–Crippen LogP) is 1.25. The molecule has 2 heterocycles. The van der Waals surface area contributed by atoms with Crippen LogP contribution in [0, 0.1) is 0 Å². The molecule has 0 spiro atoms. The Kier molecular flexibility index (Phi) is 6.20. The fourth-order valence-electron chi connectivity index (χ4n) is 3.19. The average molecular weight is 287 g/mol. The Bertz CT molecular complexity index is 272. The minimum Gasteiger partial charge on any atom is -0.370 e. The van der Waals surface area contributed by atoms with Gasteiger partial charge >= 0.3 is 0 Å². The van der Waals surface area contributed by atoms with E-state index in [0.29, 0.717) is 6.54 Å². The third-order valence-electron chi connectivity index (χ3n) is 4.52. The molecule has 4 nitrogen and oxygen atoms in total. The van der Waals surface area contributed by atoms with E-state index in [9.17, 15) is 4.39 Å². The number of alkyl halides is 1. The van der Waals surface area contributed by atoms with E-state index in [2.05, 4.69) is 23.8 Å². The number of hydrogen-bond acceptors (Lipinski definition) is 4. The Morgan fingerprint density at radius 3 is 2.55 bits per heavy atom. The first-order valence-electron chi connectivity index (χ1n) is 8.06. The van der Waals surface area contributed by atoms with Crippen LogP contribution in [0.2, 0.25) is 0 Å². The first-order valence-corrected chi connectivity index (χ1v) is 8.06. The van der Waals surface area contributed by atoms with Gasteiger partial charge in [0.05, 0.1) is 6.10 Å². The molecule has 5 heteroatoms. The second-order valence-electron chi connectivity index (χ2n) is 6.40. The van der Waals surface area contributed by atoms with Crippen LogP contribution in [-0.4, -0.2) is 74.0 Å². The molecule has 0 aromatic heterocycles. The highest BCUT2D eigenvalue weighted by Crippen LogP contribution is 2.22. The van der Waals surface area contributed by atoms with E-state index >= 15 is 0 Å². The monoisotopic (exact) mass is 287 g/mol. The number of hydrogen-bond donors (Lipinski definition) is 1. The minimum absolute atomic E-state index is 0.183. The third-order valence-corrected chi connectivity index (χ3v) is 4.52. The van der Waals surface area contributed by atoms with Gasteiger partial charge in [-0.25, -0.2) is 4.39 Å². The topological polar surface area (TPSA) is 41.7 Å². The molecule has 3 atom stereocenters. The molecule has 0 aliphatic carbocycles. The molecule has 0 saturated carbocycles. The van der Waals surface area contributed by atoms with Gasteiger partial charge in [0.1, 0.15) is 12.3 Å². The Hall–Kier alpha value is -0.230. The van der Waals surface area contributed by atoms with Crippen LogP contribution < -0.4 is 5.73 Å². The van der Waals surface area contributed by atoms with Gasteiger partial charge in [0, 0.05) is 32.2 Å². The molecule has 3 unspecified atom stereocenters. The maximum atomic E-state index is 14.4. The molecule has 0 amide bonds. The van der Waals surface area contributed by atoms with E-state index < -0.39 is 12.3 Å². The molecule has 2 aliphatic heterocycles. The lowest BCUT2D eigenvalue weighted by atomic mass is 9.99. The molecule has 2 rings (SSSR count). The largest absolute Gasteiger partial charge is 0.370 e. The van der Waals surface area contributed by atoms with Crippen molar-refractivity contribution in [2.24, 2.45) is 5.73 Å². The zero-order valence-electron chi connectivity index (χ0n) is 12.9. The molecule has 0 radical (unpaired) electrons. The van der Waals surface area contributed by atoms with Crippen molar-refractivity contribution in [3.8, 4) is 0 Å². The number of nitrogens with zero attached hydrogens (tertiary/aromatic N) is 2. The third kappa shape index (κ3) is 4.38. The van der Waals surface area contributed by atoms with Crippen molar-refractivity contribution in [2.75, 3.05) is 39.8 Å². The van der Waals surface area contributed by atoms with Gasteiger partial charge < -0.3 is 15.4 Å². The van der Waals surface area contributed by atoms with Gasteiger partial charge in [0.15, 0.2) is 0 Å². The van der Waals surface area contributed by atoms with Crippen LogP contribution in [0.3, 0.4) is 0 Å². The van der Waals surface area contributed by atoms with E-state index in [0.717, 1.165) is 51.9 Å². The Morgan fingerprint density at radius 1 is 1.25 bits per heavy atom. The number of unbranched alkanes of at least 4 members (excludes halogenated alkanes) is 1. The summed E-state index contributed by atoms with van der Waals surface area (Å²) < 4.78 is 20.4. The maximum absolute atomic E-state index is 14.4. The van der Waals surface area contributed by atoms with Gasteiger partial charge in [-0.1, -0.05) is 13.3 Å². The first-order chi connectivity index (χ1) is 9.60. The van der Waals surface area contributed by atoms with Crippen molar-refractivity contribution < 1.29 is 9.13 Å². The smallest absolute Gasteiger partial charge is 0.140 e. The van der Waals surface area contributed by atoms with Crippen LogP contribution in [-0.2, 0) is 4.74 Å². The summed E-state index contributed by atoms with van der Waals surface area (Å²) in [5, 5.41) is 0. The van der Waals surface area contributed by atoms with Crippen LogP contribution in [0.1, 0.15) is 32.6 Å². The Balaban J connectivity index is 1.80. The zero-order chi connectivity index (χ0) is 14.5. The number of likely N-dealkylation sites (tertiary alicyclic amines) is 2. The standard InChI is InChI=1S/C15H30FN3O/c1-3-4-7-19-10-13(16)15(14(17)11-19)20-12-5-8-18(2)9-6-12/h12-15H,3-11,17H2,1-2H3. The fourth-order valence-corrected chi connectivity index (χ4v) is 3.19. The van der Waals surface area contributed by atoms with Crippen LogP contribution in [0.5, 0.6) is 0 Å². The number of piperidine rings is 2. The van der Waals surface area contributed by atoms with E-state index in [1.165, 1.54) is 0 Å². The Morgan fingerprint density at radius 2 is 1.95 bits per heavy atom. The summed E-state index contributed by atoms with van der Waals surface area (Å²) in [4.78, 5) is 4.44. The molecule has 2 aliphatic rings. The van der Waals surface area contributed by atoms with Crippen LogP contribution in [0.25, 0.3) is 0 Å². The van der Waals surface area contributed by atoms with E-state index in [4.69, 9.17) is 10.5 Å². The van der Waals surface area contributed by atoms with Gasteiger partial charge in [-0.2, -0.15) is 0 Å². The molecule has 0 aromatic carbocycles. The SMILES string of the molecule is CCCCN1CC(N)C(OC2CCN(C)CC2)C(F)C1. The predicted molar refractivity (Wildman–Crippen MR) is 79.6 cm³/mol. The first kappa shape index (κ1) is 16.1. The fraction of sp³-hybridized carbons (Fsp3) is 1.00. The summed E-state index contributed by atoms with van der Waals surface area (Å²) in [6.45, 7) is 6.41. The van der Waals surface area contributed by atoms with E-state index in [1.54, 1.807) is 0 Å². The molecule has 20 heavy (non-hydrogen) atoms. The second-order valence-corrected chi connectivity index (χ2v) is 6.40. The van der Waals surface area contributed by atoms with E-state index in [-0.39, 0.29) is 12.1 Å². The van der Waals surface area contributed by atoms with Crippen molar-refractivity contribution >= 4 is 0 Å². The van der Waals surface area contributed by atoms with Crippen molar-refractivity contribution in [1.82, 2.24) is 9.80 Å². The van der Waals surface area contributed by atoms with Crippen molar-refractivity contribution in [2.45, 2.75) is 57.0 Å². The molecule has 118 valence electrons. The lowest BCUT2D eigenvalue weighted by Gasteiger charge is -2.41. The number of rotatable bonds is 5. The number of ether oxygens (including phenoxy) is 1. The molecular weight excluding hydrogens is 257 g/mol. The highest BCUT2D eigenvalue weighted by molar-refractivity contribution is 4.91. The van der Waals surface area contributed by atoms with Crippen molar-refractivity contribution in [3.05, 3.63) is 0 Å². The lowest BCUT2D eigenvalue weighted by molar-refractivity contribution is -0.106. The van der Waals surface area contributed by atoms with Gasteiger partial charge in [0.2, 0.25) is 0 Å². The van der Waals surface area contributed by atoms with Gasteiger partial charge in [-0.15, -0.1) is 0 Å². The summed E-state index contributed by atoms with van der Waals surface area (Å²) in [5.41, 5.74) is 6.16. The van der Waals surface area contributed by atoms with E-state index in [1.807, 2.05) is 0 Å². The number of halogens is 1. The molecule has 2 N–H and O–H groups in total. The summed E-state index contributed by atoms with van der Waals surface area (Å²) >= 11 is 0. The second kappa shape index (κ2) is 7.69. The van der Waals surface area contributed by atoms with Gasteiger partial charge in [-0.05, 0) is 32.9 Å². The zero-order valence-corrected chi connectivity index (χ0v) is 12.9. The number of nitrogens with two attached hydrogens (primary N) is 1. The molecule has 2 fully saturated rings. The summed E-state index contributed by atoms with van der Waals surface area (Å²) in [7, 11) is 2.12. The lowest BCUT2D eigenvalue weighted by Crippen LogP contribution is -2.59. The highest BCUT2D eigenvalue weighted by atomic mass is 19.1. The van der Waals surface area contributed by atoms with Crippen LogP contribution >= 0.6 is 0 Å². The van der Waals surface area contributed by atoms with Crippen molar-refractivity contribution in [1.29, 1.82) is 0 Å². The summed E-state index contributed by atoms with van der Waals surface area (Å²) in [5.74, 6) is 0. The van der Waals surface area contributed by atoms with Crippen LogP contribution in [0.4, 0.5) is 4.39 Å². The normalized spacial score (nSPS) is 34.5. The van der Waals surface area contributed by atoms with Crippen molar-refractivity contribution in [3.63, 3.8) is 0 Å². The maximum Gasteiger partial charge on any atom is 0.140 e. The molecule has 0 aromatic rings. The summed E-state index contributed by atoms with van der Waals surface area (Å²) in [6, 6.07) is -0.199. The molecular formula is C15H30FN3O. The molecule has 2 saturated heterocycles. The van der Waals surface area contributed by atoms with Gasteiger partial charge in [0.25, 0.3) is 0 Å². The minimum atomic E-state index is -0.949. The average Bonchev–Trinajstić information content (AvgIpc) is 2.42. The Labute approximate surface area is 122 Å².